The Labute approximate surface area is 111 Å². The van der Waals surface area contributed by atoms with E-state index >= 15 is 0 Å². The van der Waals surface area contributed by atoms with Crippen molar-refractivity contribution in [2.24, 2.45) is 5.84 Å². The minimum atomic E-state index is -0.157. The van der Waals surface area contributed by atoms with Crippen molar-refractivity contribution in [3.63, 3.8) is 0 Å². The number of halogens is 1. The van der Waals surface area contributed by atoms with E-state index in [0.717, 1.165) is 16.9 Å². The molecule has 0 saturated heterocycles. The van der Waals surface area contributed by atoms with Gasteiger partial charge in [0, 0.05) is 5.56 Å². The highest BCUT2D eigenvalue weighted by atomic mass is 35.5. The molecule has 1 unspecified atom stereocenters. The maximum atomic E-state index is 6.01. The van der Waals surface area contributed by atoms with Crippen molar-refractivity contribution >= 4 is 11.6 Å². The number of methoxy groups -OCH3 is 1. The summed E-state index contributed by atoms with van der Waals surface area (Å²) in [5.41, 5.74) is 4.72. The average Bonchev–Trinajstić information content (AvgIpc) is 2.79. The Morgan fingerprint density at radius 1 is 1.39 bits per heavy atom. The first-order chi connectivity index (χ1) is 8.67. The molecule has 4 nitrogen and oxygen atoms in total. The average molecular weight is 267 g/mol. The van der Waals surface area contributed by atoms with E-state index in [9.17, 15) is 0 Å². The Balaban J connectivity index is 2.42. The predicted octanol–water partition coefficient (Wildman–Crippen LogP) is 2.80. The summed E-state index contributed by atoms with van der Waals surface area (Å²) in [6, 6.07) is 7.28. The van der Waals surface area contributed by atoms with Crippen LogP contribution in [0.5, 0.6) is 5.75 Å². The molecule has 0 bridgehead atoms. The summed E-state index contributed by atoms with van der Waals surface area (Å²) in [6.45, 7) is 1.90. The van der Waals surface area contributed by atoms with Gasteiger partial charge in [0.15, 0.2) is 0 Å². The Bertz CT molecular complexity index is 540. The van der Waals surface area contributed by atoms with Gasteiger partial charge in [-0.3, -0.25) is 5.84 Å². The SMILES string of the molecule is COc1cc(C(NN)c2ccoc2C)ccc1Cl. The van der Waals surface area contributed by atoms with Crippen molar-refractivity contribution in [2.75, 3.05) is 7.11 Å². The number of nitrogens with one attached hydrogen (secondary N) is 1. The standard InChI is InChI=1S/C13H15ClN2O2/c1-8-10(5-6-18-8)13(16-15)9-3-4-11(14)12(7-9)17-2/h3-7,13,16H,15H2,1-2H3. The van der Waals surface area contributed by atoms with Crippen molar-refractivity contribution < 1.29 is 9.15 Å². The monoisotopic (exact) mass is 266 g/mol. The van der Waals surface area contributed by atoms with Crippen LogP contribution < -0.4 is 16.0 Å². The predicted molar refractivity (Wildman–Crippen MR) is 70.6 cm³/mol. The minimum absolute atomic E-state index is 0.157. The van der Waals surface area contributed by atoms with Gasteiger partial charge in [-0.1, -0.05) is 17.7 Å². The lowest BCUT2D eigenvalue weighted by Crippen LogP contribution is -2.29. The number of aryl methyl sites for hydroxylation is 1. The molecule has 0 aliphatic heterocycles. The fourth-order valence-electron chi connectivity index (χ4n) is 1.92. The Kier molecular flexibility index (Phi) is 3.91. The van der Waals surface area contributed by atoms with Gasteiger partial charge < -0.3 is 9.15 Å². The van der Waals surface area contributed by atoms with Gasteiger partial charge in [-0.15, -0.1) is 0 Å². The number of benzene rings is 1. The smallest absolute Gasteiger partial charge is 0.137 e. The summed E-state index contributed by atoms with van der Waals surface area (Å²) in [5, 5.41) is 0.570. The van der Waals surface area contributed by atoms with Gasteiger partial charge in [0.2, 0.25) is 0 Å². The Morgan fingerprint density at radius 3 is 2.72 bits per heavy atom. The van der Waals surface area contributed by atoms with Crippen LogP contribution in [-0.4, -0.2) is 7.11 Å². The van der Waals surface area contributed by atoms with Crippen molar-refractivity contribution in [1.29, 1.82) is 0 Å². The van der Waals surface area contributed by atoms with Crippen molar-refractivity contribution in [1.82, 2.24) is 5.43 Å². The normalized spacial score (nSPS) is 12.4. The summed E-state index contributed by atoms with van der Waals surface area (Å²) in [6.07, 6.45) is 1.64. The fraction of sp³-hybridized carbons (Fsp3) is 0.231. The van der Waals surface area contributed by atoms with Crippen molar-refractivity contribution in [3.05, 3.63) is 52.4 Å². The van der Waals surface area contributed by atoms with E-state index in [4.69, 9.17) is 26.6 Å². The molecule has 1 aromatic heterocycles. The topological polar surface area (TPSA) is 60.4 Å². The number of hydrazine groups is 1. The van der Waals surface area contributed by atoms with Crippen LogP contribution >= 0.6 is 11.6 Å². The zero-order chi connectivity index (χ0) is 13.1. The van der Waals surface area contributed by atoms with E-state index in [1.807, 2.05) is 25.1 Å². The van der Waals surface area contributed by atoms with Crippen LogP contribution in [-0.2, 0) is 0 Å². The highest BCUT2D eigenvalue weighted by Crippen LogP contribution is 2.31. The molecular formula is C13H15ClN2O2. The molecule has 96 valence electrons. The number of rotatable bonds is 4. The van der Waals surface area contributed by atoms with Crippen molar-refractivity contribution in [3.8, 4) is 5.75 Å². The highest BCUT2D eigenvalue weighted by Gasteiger charge is 2.17. The van der Waals surface area contributed by atoms with E-state index in [-0.39, 0.29) is 6.04 Å². The summed E-state index contributed by atoms with van der Waals surface area (Å²) in [7, 11) is 1.58. The van der Waals surface area contributed by atoms with Crippen molar-refractivity contribution in [2.45, 2.75) is 13.0 Å². The largest absolute Gasteiger partial charge is 0.495 e. The third kappa shape index (κ3) is 2.36. The fourth-order valence-corrected chi connectivity index (χ4v) is 2.11. The lowest BCUT2D eigenvalue weighted by Gasteiger charge is -2.17. The molecule has 0 aliphatic carbocycles. The Morgan fingerprint density at radius 2 is 2.17 bits per heavy atom. The van der Waals surface area contributed by atoms with Crippen LogP contribution in [0.15, 0.2) is 34.9 Å². The maximum absolute atomic E-state index is 6.01. The maximum Gasteiger partial charge on any atom is 0.137 e. The number of ether oxygens (including phenoxy) is 1. The van der Waals surface area contributed by atoms with Crippen LogP contribution in [0, 0.1) is 6.92 Å². The number of hydrogen-bond donors (Lipinski definition) is 2. The summed E-state index contributed by atoms with van der Waals surface area (Å²) >= 11 is 6.01. The molecule has 1 atom stereocenters. The molecular weight excluding hydrogens is 252 g/mol. The zero-order valence-electron chi connectivity index (χ0n) is 10.2. The third-order valence-electron chi connectivity index (χ3n) is 2.89. The summed E-state index contributed by atoms with van der Waals surface area (Å²) in [5.74, 6) is 7.08. The lowest BCUT2D eigenvalue weighted by molar-refractivity contribution is 0.414. The Hall–Kier alpha value is -1.49. The molecule has 2 rings (SSSR count). The molecule has 0 saturated carbocycles. The van der Waals surface area contributed by atoms with Crippen LogP contribution in [0.4, 0.5) is 0 Å². The van der Waals surface area contributed by atoms with Gasteiger partial charge in [0.1, 0.15) is 11.5 Å². The number of hydrogen-bond acceptors (Lipinski definition) is 4. The zero-order valence-corrected chi connectivity index (χ0v) is 11.0. The minimum Gasteiger partial charge on any atom is -0.495 e. The molecule has 3 N–H and O–H groups in total. The van der Waals surface area contributed by atoms with Crippen LogP contribution in [0.3, 0.4) is 0 Å². The second kappa shape index (κ2) is 5.44. The van der Waals surface area contributed by atoms with E-state index in [1.54, 1.807) is 19.4 Å². The van der Waals surface area contributed by atoms with E-state index in [2.05, 4.69) is 5.43 Å². The van der Waals surface area contributed by atoms with Crippen LogP contribution in [0.25, 0.3) is 0 Å². The highest BCUT2D eigenvalue weighted by molar-refractivity contribution is 6.32. The summed E-state index contributed by atoms with van der Waals surface area (Å²) in [4.78, 5) is 0. The molecule has 1 aromatic carbocycles. The van der Waals surface area contributed by atoms with Gasteiger partial charge in [-0.25, -0.2) is 5.43 Å². The van der Waals surface area contributed by atoms with Crippen LogP contribution in [0.1, 0.15) is 22.9 Å². The van der Waals surface area contributed by atoms with E-state index in [1.165, 1.54) is 0 Å². The molecule has 0 radical (unpaired) electrons. The van der Waals surface area contributed by atoms with Gasteiger partial charge in [-0.05, 0) is 30.7 Å². The van der Waals surface area contributed by atoms with E-state index in [0.29, 0.717) is 10.8 Å². The second-order valence-electron chi connectivity index (χ2n) is 3.93. The lowest BCUT2D eigenvalue weighted by atomic mass is 10.00. The molecule has 0 amide bonds. The van der Waals surface area contributed by atoms with Gasteiger partial charge >= 0.3 is 0 Å². The third-order valence-corrected chi connectivity index (χ3v) is 3.20. The number of furan rings is 1. The molecule has 1 heterocycles. The van der Waals surface area contributed by atoms with Gasteiger partial charge in [0.25, 0.3) is 0 Å². The molecule has 0 fully saturated rings. The quantitative estimate of drug-likeness (QED) is 0.660. The molecule has 5 heteroatoms. The molecule has 2 aromatic rings. The summed E-state index contributed by atoms with van der Waals surface area (Å²) < 4.78 is 10.5. The first-order valence-electron chi connectivity index (χ1n) is 5.51. The van der Waals surface area contributed by atoms with Crippen LogP contribution in [0.2, 0.25) is 5.02 Å². The van der Waals surface area contributed by atoms with Gasteiger partial charge in [0.05, 0.1) is 24.4 Å². The number of nitrogens with two attached hydrogens (primary N) is 1. The van der Waals surface area contributed by atoms with E-state index < -0.39 is 0 Å². The molecule has 0 aliphatic rings. The second-order valence-corrected chi connectivity index (χ2v) is 4.33. The molecule has 0 spiro atoms. The first kappa shape index (κ1) is 13.0. The molecule has 18 heavy (non-hydrogen) atoms. The first-order valence-corrected chi connectivity index (χ1v) is 5.88. The van der Waals surface area contributed by atoms with Gasteiger partial charge in [-0.2, -0.15) is 0 Å².